The quantitative estimate of drug-likeness (QED) is 0.667. The molecule has 1 aliphatic heterocycles. The van der Waals surface area contributed by atoms with Gasteiger partial charge in [0, 0.05) is 23.7 Å². The molecular formula is C17H26ClN3O4S. The fraction of sp³-hybridized carbons (Fsp3) is 0.588. The Hall–Kier alpha value is -1.35. The number of carbonyl (C=O) groups excluding carboxylic acids is 1. The maximum Gasteiger partial charge on any atom is 0.251 e. The maximum atomic E-state index is 12.6. The Kier molecular flexibility index (Phi) is 6.90. The second-order valence-corrected chi connectivity index (χ2v) is 8.41. The normalized spacial score (nSPS) is 23.0. The Morgan fingerprint density at radius 2 is 2.00 bits per heavy atom. The molecule has 2 fully saturated rings. The van der Waals surface area contributed by atoms with Crippen molar-refractivity contribution in [3.05, 3.63) is 23.8 Å². The number of sulfonamides is 1. The van der Waals surface area contributed by atoms with E-state index >= 15 is 0 Å². The molecule has 1 saturated carbocycles. The molecule has 0 spiro atoms. The van der Waals surface area contributed by atoms with Crippen LogP contribution in [0.5, 0.6) is 5.75 Å². The molecule has 2 aliphatic rings. The summed E-state index contributed by atoms with van der Waals surface area (Å²) in [6.07, 6.45) is 3.59. The van der Waals surface area contributed by atoms with E-state index in [4.69, 9.17) is 4.74 Å². The number of amides is 1. The lowest BCUT2D eigenvalue weighted by atomic mass is 9.99. The Morgan fingerprint density at radius 3 is 2.62 bits per heavy atom. The Labute approximate surface area is 160 Å². The highest BCUT2D eigenvalue weighted by Gasteiger charge is 2.31. The summed E-state index contributed by atoms with van der Waals surface area (Å²) < 4.78 is 32.9. The molecule has 2 atom stereocenters. The highest BCUT2D eigenvalue weighted by atomic mass is 35.5. The van der Waals surface area contributed by atoms with Crippen LogP contribution in [0, 0.1) is 0 Å². The van der Waals surface area contributed by atoms with Crippen molar-refractivity contribution in [3.63, 3.8) is 0 Å². The van der Waals surface area contributed by atoms with Gasteiger partial charge in [0.15, 0.2) is 0 Å². The van der Waals surface area contributed by atoms with Crippen molar-refractivity contribution in [2.45, 2.75) is 55.6 Å². The van der Waals surface area contributed by atoms with Gasteiger partial charge in [0.1, 0.15) is 10.6 Å². The fourth-order valence-corrected chi connectivity index (χ4v) is 4.50. The zero-order chi connectivity index (χ0) is 18.0. The minimum atomic E-state index is -3.71. The van der Waals surface area contributed by atoms with Gasteiger partial charge in [0.2, 0.25) is 10.0 Å². The summed E-state index contributed by atoms with van der Waals surface area (Å²) in [6.45, 7) is 2.98. The summed E-state index contributed by atoms with van der Waals surface area (Å²) in [5, 5.41) is 6.33. The molecule has 1 heterocycles. The first kappa shape index (κ1) is 21.0. The van der Waals surface area contributed by atoms with E-state index in [2.05, 4.69) is 15.4 Å². The van der Waals surface area contributed by atoms with Crippen molar-refractivity contribution in [3.8, 4) is 5.75 Å². The lowest BCUT2D eigenvalue weighted by Gasteiger charge is -2.30. The van der Waals surface area contributed by atoms with Crippen molar-refractivity contribution in [1.29, 1.82) is 0 Å². The molecule has 0 bridgehead atoms. The lowest BCUT2D eigenvalue weighted by Crippen LogP contribution is -2.51. The number of nitrogens with one attached hydrogen (secondary N) is 3. The van der Waals surface area contributed by atoms with E-state index in [9.17, 15) is 13.2 Å². The summed E-state index contributed by atoms with van der Waals surface area (Å²) >= 11 is 0. The summed E-state index contributed by atoms with van der Waals surface area (Å²) in [7, 11) is -2.29. The number of methoxy groups -OCH3 is 1. The first-order valence-corrected chi connectivity index (χ1v) is 10.1. The monoisotopic (exact) mass is 403 g/mol. The zero-order valence-electron chi connectivity index (χ0n) is 14.9. The van der Waals surface area contributed by atoms with Crippen LogP contribution in [0.25, 0.3) is 0 Å². The van der Waals surface area contributed by atoms with E-state index in [1.54, 1.807) is 6.07 Å². The Morgan fingerprint density at radius 1 is 1.27 bits per heavy atom. The molecule has 0 radical (unpaired) electrons. The van der Waals surface area contributed by atoms with Crippen LogP contribution in [0.15, 0.2) is 23.1 Å². The molecule has 1 aromatic carbocycles. The fourth-order valence-electron chi connectivity index (χ4n) is 3.00. The summed E-state index contributed by atoms with van der Waals surface area (Å²) in [5.41, 5.74) is 0.315. The van der Waals surface area contributed by atoms with Crippen LogP contribution < -0.4 is 20.1 Å². The number of benzene rings is 1. The molecule has 3 rings (SSSR count). The Bertz CT molecular complexity index is 752. The third-order valence-electron chi connectivity index (χ3n) is 4.69. The predicted molar refractivity (Wildman–Crippen MR) is 102 cm³/mol. The number of halogens is 1. The van der Waals surface area contributed by atoms with E-state index in [0.29, 0.717) is 5.56 Å². The smallest absolute Gasteiger partial charge is 0.251 e. The van der Waals surface area contributed by atoms with Crippen LogP contribution in [0.1, 0.15) is 43.0 Å². The van der Waals surface area contributed by atoms with Crippen LogP contribution >= 0.6 is 12.4 Å². The Balaban J connectivity index is 0.00000243. The van der Waals surface area contributed by atoms with Gasteiger partial charge in [0.05, 0.1) is 7.11 Å². The molecule has 2 unspecified atom stereocenters. The predicted octanol–water partition coefficient (Wildman–Crippen LogP) is 1.43. The van der Waals surface area contributed by atoms with Gasteiger partial charge >= 0.3 is 0 Å². The summed E-state index contributed by atoms with van der Waals surface area (Å²) in [4.78, 5) is 12.6. The third-order valence-corrected chi connectivity index (χ3v) is 6.23. The SMILES string of the molecule is COc1ccc(C(=O)NC2CCCNC2C)cc1S(=O)(=O)NC1CC1.Cl. The standard InChI is InChI=1S/C17H25N3O4S.ClH/c1-11-14(4-3-9-18-11)19-17(21)12-5-8-15(24-2)16(10-12)25(22,23)20-13-6-7-13;/h5,8,10-11,13-14,18,20H,3-4,6-7,9H2,1-2H3,(H,19,21);1H. The van der Waals surface area contributed by atoms with E-state index < -0.39 is 10.0 Å². The largest absolute Gasteiger partial charge is 0.495 e. The molecule has 3 N–H and O–H groups in total. The molecule has 9 heteroatoms. The van der Waals surface area contributed by atoms with Gasteiger partial charge < -0.3 is 15.4 Å². The highest BCUT2D eigenvalue weighted by Crippen LogP contribution is 2.28. The van der Waals surface area contributed by atoms with Crippen molar-refractivity contribution in [2.75, 3.05) is 13.7 Å². The van der Waals surface area contributed by atoms with Crippen molar-refractivity contribution in [1.82, 2.24) is 15.4 Å². The zero-order valence-corrected chi connectivity index (χ0v) is 16.6. The van der Waals surface area contributed by atoms with Gasteiger partial charge in [-0.25, -0.2) is 13.1 Å². The second-order valence-electron chi connectivity index (χ2n) is 6.73. The van der Waals surface area contributed by atoms with E-state index in [0.717, 1.165) is 32.2 Å². The van der Waals surface area contributed by atoms with Crippen molar-refractivity contribution >= 4 is 28.3 Å². The summed E-state index contributed by atoms with van der Waals surface area (Å²) in [6, 6.07) is 4.72. The lowest BCUT2D eigenvalue weighted by molar-refractivity contribution is 0.0919. The molecule has 1 aliphatic carbocycles. The minimum Gasteiger partial charge on any atom is -0.495 e. The molecule has 1 aromatic rings. The highest BCUT2D eigenvalue weighted by molar-refractivity contribution is 7.89. The minimum absolute atomic E-state index is 0. The number of hydrogen-bond acceptors (Lipinski definition) is 5. The van der Waals surface area contributed by atoms with Gasteiger partial charge in [-0.3, -0.25) is 4.79 Å². The van der Waals surface area contributed by atoms with Gasteiger partial charge in [-0.2, -0.15) is 0 Å². The van der Waals surface area contributed by atoms with Crippen LogP contribution in [0.4, 0.5) is 0 Å². The average Bonchev–Trinajstić information content (AvgIpc) is 3.39. The van der Waals surface area contributed by atoms with Crippen molar-refractivity contribution in [2.24, 2.45) is 0 Å². The first-order valence-electron chi connectivity index (χ1n) is 8.65. The average molecular weight is 404 g/mol. The van der Waals surface area contributed by atoms with Crippen LogP contribution in [0.3, 0.4) is 0 Å². The molecule has 7 nitrogen and oxygen atoms in total. The van der Waals surface area contributed by atoms with Crippen LogP contribution in [0.2, 0.25) is 0 Å². The molecule has 1 amide bonds. The van der Waals surface area contributed by atoms with E-state index in [-0.39, 0.29) is 47.1 Å². The first-order chi connectivity index (χ1) is 11.9. The van der Waals surface area contributed by atoms with Crippen LogP contribution in [-0.2, 0) is 10.0 Å². The topological polar surface area (TPSA) is 96.5 Å². The molecule has 1 saturated heterocycles. The molecular weight excluding hydrogens is 378 g/mol. The third kappa shape index (κ3) is 4.88. The van der Waals surface area contributed by atoms with Crippen molar-refractivity contribution < 1.29 is 17.9 Å². The second kappa shape index (κ2) is 8.56. The maximum absolute atomic E-state index is 12.6. The molecule has 0 aromatic heterocycles. The number of ether oxygens (including phenoxy) is 1. The number of piperidine rings is 1. The molecule has 146 valence electrons. The summed E-state index contributed by atoms with van der Waals surface area (Å²) in [5.74, 6) is -0.0384. The molecule has 26 heavy (non-hydrogen) atoms. The van der Waals surface area contributed by atoms with E-state index in [1.807, 2.05) is 6.92 Å². The number of hydrogen-bond donors (Lipinski definition) is 3. The van der Waals surface area contributed by atoms with Gasteiger partial charge in [-0.1, -0.05) is 0 Å². The van der Waals surface area contributed by atoms with Gasteiger partial charge in [-0.15, -0.1) is 12.4 Å². The van der Waals surface area contributed by atoms with Gasteiger partial charge in [-0.05, 0) is 57.4 Å². The number of rotatable bonds is 6. The van der Waals surface area contributed by atoms with Crippen LogP contribution in [-0.4, -0.2) is 46.1 Å². The number of carbonyl (C=O) groups is 1. The van der Waals surface area contributed by atoms with E-state index in [1.165, 1.54) is 19.2 Å². The van der Waals surface area contributed by atoms with Gasteiger partial charge in [0.25, 0.3) is 5.91 Å².